The zero-order valence-corrected chi connectivity index (χ0v) is 13.5. The third-order valence-corrected chi connectivity index (χ3v) is 3.49. The number of carbonyl (C=O) groups is 4. The molecule has 0 aromatic carbocycles. The van der Waals surface area contributed by atoms with Crippen molar-refractivity contribution in [2.45, 2.75) is 51.7 Å². The van der Waals surface area contributed by atoms with Crippen LogP contribution in [0.2, 0.25) is 0 Å². The predicted molar refractivity (Wildman–Crippen MR) is 76.0 cm³/mol. The summed E-state index contributed by atoms with van der Waals surface area (Å²) in [6.45, 7) is 5.84. The Labute approximate surface area is 129 Å². The van der Waals surface area contributed by atoms with Crippen molar-refractivity contribution in [1.82, 2.24) is 9.80 Å². The number of likely N-dealkylation sites (tertiary alicyclic amines) is 1. The lowest BCUT2D eigenvalue weighted by atomic mass is 10.00. The molecule has 0 saturated carbocycles. The molecule has 0 aromatic heterocycles. The summed E-state index contributed by atoms with van der Waals surface area (Å²) in [6, 6.07) is 0. The number of carboxylic acid groups (broad SMARTS) is 1. The molecule has 1 rings (SSSR count). The quantitative estimate of drug-likeness (QED) is 0.771. The fourth-order valence-electron chi connectivity index (χ4n) is 1.96. The molecule has 1 unspecified atom stereocenters. The maximum atomic E-state index is 12.1. The minimum absolute atomic E-state index is 0.0602. The van der Waals surface area contributed by atoms with Crippen LogP contribution in [0.3, 0.4) is 0 Å². The van der Waals surface area contributed by atoms with Crippen LogP contribution in [0.25, 0.3) is 0 Å². The van der Waals surface area contributed by atoms with Crippen molar-refractivity contribution in [3.63, 3.8) is 0 Å². The number of carboxylic acids is 1. The summed E-state index contributed by atoms with van der Waals surface area (Å²) in [5.41, 5.74) is -2.55. The molecular formula is C14H22N2O6. The second-order valence-electron chi connectivity index (χ2n) is 6.49. The van der Waals surface area contributed by atoms with Gasteiger partial charge in [-0.3, -0.25) is 19.4 Å². The maximum Gasteiger partial charge on any atom is 0.411 e. The number of aliphatic carboxylic acids is 1. The first-order chi connectivity index (χ1) is 9.88. The topological polar surface area (TPSA) is 104 Å². The standard InChI is InChI=1S/C14H22N2O6/c1-13(2,3)22-12(21)15(5)14(4,11(19)20)8-16-9(17)6-7-10(16)18/h6-8H2,1-5H3,(H,19,20). The second-order valence-corrected chi connectivity index (χ2v) is 6.49. The van der Waals surface area contributed by atoms with Gasteiger partial charge in [0.15, 0.2) is 5.54 Å². The van der Waals surface area contributed by atoms with Gasteiger partial charge in [0.25, 0.3) is 0 Å². The highest BCUT2D eigenvalue weighted by atomic mass is 16.6. The number of carbonyl (C=O) groups excluding carboxylic acids is 3. The monoisotopic (exact) mass is 314 g/mol. The van der Waals surface area contributed by atoms with Crippen molar-refractivity contribution < 1.29 is 29.0 Å². The van der Waals surface area contributed by atoms with Crippen LogP contribution in [0.15, 0.2) is 0 Å². The van der Waals surface area contributed by atoms with Gasteiger partial charge in [0.05, 0.1) is 6.54 Å². The van der Waals surface area contributed by atoms with E-state index < -0.39 is 41.6 Å². The van der Waals surface area contributed by atoms with Crippen LogP contribution in [0, 0.1) is 0 Å². The highest BCUT2D eigenvalue weighted by molar-refractivity contribution is 6.02. The molecule has 0 aromatic rings. The molecule has 8 nitrogen and oxygen atoms in total. The Kier molecular flexibility index (Phi) is 4.84. The molecule has 22 heavy (non-hydrogen) atoms. The Morgan fingerprint density at radius 1 is 1.18 bits per heavy atom. The SMILES string of the molecule is CN(C(=O)OC(C)(C)C)C(C)(CN1C(=O)CCC1=O)C(=O)O. The van der Waals surface area contributed by atoms with Crippen LogP contribution < -0.4 is 0 Å². The van der Waals surface area contributed by atoms with Crippen molar-refractivity contribution in [2.75, 3.05) is 13.6 Å². The fraction of sp³-hybridized carbons (Fsp3) is 0.714. The van der Waals surface area contributed by atoms with Crippen molar-refractivity contribution in [1.29, 1.82) is 0 Å². The van der Waals surface area contributed by atoms with E-state index in [-0.39, 0.29) is 12.8 Å². The van der Waals surface area contributed by atoms with E-state index in [4.69, 9.17) is 4.74 Å². The molecule has 0 aliphatic carbocycles. The third-order valence-electron chi connectivity index (χ3n) is 3.49. The van der Waals surface area contributed by atoms with Gasteiger partial charge >= 0.3 is 12.1 Å². The van der Waals surface area contributed by atoms with E-state index in [2.05, 4.69) is 0 Å². The number of hydrogen-bond donors (Lipinski definition) is 1. The largest absolute Gasteiger partial charge is 0.479 e. The highest BCUT2D eigenvalue weighted by Gasteiger charge is 2.46. The normalized spacial score (nSPS) is 18.1. The van der Waals surface area contributed by atoms with E-state index >= 15 is 0 Å². The zero-order chi connectivity index (χ0) is 17.3. The van der Waals surface area contributed by atoms with Gasteiger partial charge in [0, 0.05) is 19.9 Å². The van der Waals surface area contributed by atoms with Gasteiger partial charge in [0.1, 0.15) is 5.60 Å². The lowest BCUT2D eigenvalue weighted by molar-refractivity contribution is -0.153. The number of amides is 3. The molecule has 0 bridgehead atoms. The molecule has 1 aliphatic rings. The Bertz CT molecular complexity index is 494. The first-order valence-electron chi connectivity index (χ1n) is 6.92. The van der Waals surface area contributed by atoms with Crippen LogP contribution in [0.1, 0.15) is 40.5 Å². The van der Waals surface area contributed by atoms with Gasteiger partial charge in [0.2, 0.25) is 11.8 Å². The lowest BCUT2D eigenvalue weighted by Crippen LogP contribution is -2.60. The summed E-state index contributed by atoms with van der Waals surface area (Å²) in [5, 5.41) is 9.48. The number of nitrogens with zero attached hydrogens (tertiary/aromatic N) is 2. The number of imide groups is 1. The first-order valence-corrected chi connectivity index (χ1v) is 6.92. The smallest absolute Gasteiger partial charge is 0.411 e. The molecule has 8 heteroatoms. The molecule has 0 radical (unpaired) electrons. The molecule has 3 amide bonds. The van der Waals surface area contributed by atoms with E-state index in [0.29, 0.717) is 0 Å². The minimum Gasteiger partial charge on any atom is -0.479 e. The summed E-state index contributed by atoms with van der Waals surface area (Å²) >= 11 is 0. The van der Waals surface area contributed by atoms with Gasteiger partial charge in [-0.25, -0.2) is 9.59 Å². The molecule has 124 valence electrons. The molecular weight excluding hydrogens is 292 g/mol. The summed E-state index contributed by atoms with van der Waals surface area (Å²) in [7, 11) is 1.27. The first kappa shape index (κ1) is 17.9. The molecule has 1 saturated heterocycles. The van der Waals surface area contributed by atoms with Crippen molar-refractivity contribution >= 4 is 23.9 Å². The minimum atomic E-state index is -1.77. The zero-order valence-electron chi connectivity index (χ0n) is 13.5. The average Bonchev–Trinajstić information content (AvgIpc) is 2.67. The van der Waals surface area contributed by atoms with Crippen molar-refractivity contribution in [3.05, 3.63) is 0 Å². The summed E-state index contributed by atoms with van der Waals surface area (Å²) in [6.07, 6.45) is -0.716. The van der Waals surface area contributed by atoms with Crippen molar-refractivity contribution in [2.24, 2.45) is 0 Å². The maximum absolute atomic E-state index is 12.1. The van der Waals surface area contributed by atoms with Crippen LogP contribution in [0.4, 0.5) is 4.79 Å². The average molecular weight is 314 g/mol. The van der Waals surface area contributed by atoms with Gasteiger partial charge in [-0.15, -0.1) is 0 Å². The Balaban J connectivity index is 3.00. The van der Waals surface area contributed by atoms with Crippen molar-refractivity contribution in [3.8, 4) is 0 Å². The number of ether oxygens (including phenoxy) is 1. The van der Waals surface area contributed by atoms with E-state index in [1.54, 1.807) is 20.8 Å². The van der Waals surface area contributed by atoms with Crippen LogP contribution >= 0.6 is 0 Å². The second kappa shape index (κ2) is 5.94. The summed E-state index contributed by atoms with van der Waals surface area (Å²) in [5.74, 6) is -2.20. The predicted octanol–water partition coefficient (Wildman–Crippen LogP) is 0.846. The molecule has 1 fully saturated rings. The van der Waals surface area contributed by atoms with Crippen LogP contribution in [-0.4, -0.2) is 63.5 Å². The van der Waals surface area contributed by atoms with Gasteiger partial charge in [-0.1, -0.05) is 0 Å². The van der Waals surface area contributed by atoms with E-state index in [9.17, 15) is 24.3 Å². The number of likely N-dealkylation sites (N-methyl/N-ethyl adjacent to an activating group) is 1. The highest BCUT2D eigenvalue weighted by Crippen LogP contribution is 2.23. The lowest BCUT2D eigenvalue weighted by Gasteiger charge is -2.37. The molecule has 1 aliphatic heterocycles. The fourth-order valence-corrected chi connectivity index (χ4v) is 1.96. The van der Waals surface area contributed by atoms with Crippen LogP contribution in [0.5, 0.6) is 0 Å². The Morgan fingerprint density at radius 3 is 2.00 bits per heavy atom. The Morgan fingerprint density at radius 2 is 1.64 bits per heavy atom. The molecule has 1 heterocycles. The van der Waals surface area contributed by atoms with Gasteiger partial charge in [-0.05, 0) is 27.7 Å². The summed E-state index contributed by atoms with van der Waals surface area (Å²) < 4.78 is 5.15. The summed E-state index contributed by atoms with van der Waals surface area (Å²) in [4.78, 5) is 48.9. The van der Waals surface area contributed by atoms with E-state index in [1.165, 1.54) is 14.0 Å². The third kappa shape index (κ3) is 3.75. The molecule has 0 spiro atoms. The molecule has 1 N–H and O–H groups in total. The van der Waals surface area contributed by atoms with E-state index in [1.807, 2.05) is 0 Å². The van der Waals surface area contributed by atoms with Gasteiger partial charge in [-0.2, -0.15) is 0 Å². The number of rotatable bonds is 4. The van der Waals surface area contributed by atoms with E-state index in [0.717, 1.165) is 9.80 Å². The number of hydrogen-bond acceptors (Lipinski definition) is 5. The van der Waals surface area contributed by atoms with Gasteiger partial charge < -0.3 is 9.84 Å². The Hall–Kier alpha value is -2.12. The molecule has 1 atom stereocenters. The van der Waals surface area contributed by atoms with Crippen LogP contribution in [-0.2, 0) is 19.1 Å².